The number of aryl methyl sites for hydroxylation is 1. The van der Waals surface area contributed by atoms with Crippen LogP contribution >= 0.6 is 34.7 Å². The van der Waals surface area contributed by atoms with Crippen molar-refractivity contribution in [3.05, 3.63) is 28.1 Å². The quantitative estimate of drug-likeness (QED) is 0.808. The maximum Gasteiger partial charge on any atom is 0.156 e. The third-order valence-electron chi connectivity index (χ3n) is 1.78. The van der Waals surface area contributed by atoms with Crippen molar-refractivity contribution in [3.63, 3.8) is 0 Å². The normalized spacial score (nSPS) is 10.8. The lowest BCUT2D eigenvalue weighted by Gasteiger charge is -2.02. The van der Waals surface area contributed by atoms with Gasteiger partial charge in [0.05, 0.1) is 0 Å². The third kappa shape index (κ3) is 3.64. The van der Waals surface area contributed by atoms with Gasteiger partial charge in [0.1, 0.15) is 16.8 Å². The lowest BCUT2D eigenvalue weighted by molar-refractivity contribution is 0.177. The van der Waals surface area contributed by atoms with Crippen molar-refractivity contribution in [2.45, 2.75) is 22.9 Å². The molecule has 0 saturated carbocycles. The SMILES string of the molecule is COCc1nc(Cl)cc(Sc2nc(C)cs2)n1. The summed E-state index contributed by atoms with van der Waals surface area (Å²) in [6.07, 6.45) is 0. The Morgan fingerprint density at radius 1 is 1.41 bits per heavy atom. The molecule has 0 radical (unpaired) electrons. The summed E-state index contributed by atoms with van der Waals surface area (Å²) >= 11 is 8.99. The summed E-state index contributed by atoms with van der Waals surface area (Å²) in [6, 6.07) is 1.72. The van der Waals surface area contributed by atoms with Crippen LogP contribution in [-0.2, 0) is 11.3 Å². The highest BCUT2D eigenvalue weighted by atomic mass is 35.5. The van der Waals surface area contributed by atoms with Gasteiger partial charge in [-0.2, -0.15) is 0 Å². The molecule has 17 heavy (non-hydrogen) atoms. The molecule has 0 atom stereocenters. The molecule has 0 aliphatic carbocycles. The van der Waals surface area contributed by atoms with E-state index < -0.39 is 0 Å². The van der Waals surface area contributed by atoms with E-state index in [1.165, 1.54) is 11.8 Å². The Hall–Kier alpha value is -0.690. The molecule has 2 aromatic heterocycles. The fraction of sp³-hybridized carbons (Fsp3) is 0.300. The number of nitrogens with zero attached hydrogens (tertiary/aromatic N) is 3. The Morgan fingerprint density at radius 2 is 2.24 bits per heavy atom. The van der Waals surface area contributed by atoms with Gasteiger partial charge in [0.25, 0.3) is 0 Å². The molecule has 0 aromatic carbocycles. The lowest BCUT2D eigenvalue weighted by atomic mass is 10.6. The Bertz CT molecular complexity index is 518. The monoisotopic (exact) mass is 287 g/mol. The molecule has 7 heteroatoms. The summed E-state index contributed by atoms with van der Waals surface area (Å²) < 4.78 is 5.93. The smallest absolute Gasteiger partial charge is 0.156 e. The first-order valence-electron chi connectivity index (χ1n) is 4.80. The Morgan fingerprint density at radius 3 is 2.88 bits per heavy atom. The molecule has 0 spiro atoms. The highest BCUT2D eigenvalue weighted by molar-refractivity contribution is 8.01. The minimum atomic E-state index is 0.352. The average molecular weight is 288 g/mol. The first kappa shape index (κ1) is 12.8. The van der Waals surface area contributed by atoms with Crippen LogP contribution in [0.15, 0.2) is 20.8 Å². The van der Waals surface area contributed by atoms with Crippen molar-refractivity contribution in [1.29, 1.82) is 0 Å². The number of ether oxygens (including phenoxy) is 1. The van der Waals surface area contributed by atoms with Crippen molar-refractivity contribution in [2.24, 2.45) is 0 Å². The van der Waals surface area contributed by atoms with E-state index in [1.54, 1.807) is 24.5 Å². The first-order chi connectivity index (χ1) is 8.17. The van der Waals surface area contributed by atoms with Gasteiger partial charge >= 0.3 is 0 Å². The Kier molecular flexibility index (Phi) is 4.33. The number of hydrogen-bond donors (Lipinski definition) is 0. The van der Waals surface area contributed by atoms with Crippen molar-refractivity contribution < 1.29 is 4.74 Å². The topological polar surface area (TPSA) is 47.9 Å². The second-order valence-electron chi connectivity index (χ2n) is 3.24. The molecule has 0 aliphatic heterocycles. The molecule has 0 amide bonds. The number of aromatic nitrogens is 3. The summed E-state index contributed by atoms with van der Waals surface area (Å²) in [6.45, 7) is 2.31. The number of hydrogen-bond acceptors (Lipinski definition) is 6. The van der Waals surface area contributed by atoms with E-state index >= 15 is 0 Å². The first-order valence-corrected chi connectivity index (χ1v) is 6.87. The van der Waals surface area contributed by atoms with E-state index in [2.05, 4.69) is 15.0 Å². The third-order valence-corrected chi connectivity index (χ3v) is 3.95. The van der Waals surface area contributed by atoms with Crippen LogP contribution in [0.5, 0.6) is 0 Å². The number of methoxy groups -OCH3 is 1. The zero-order valence-electron chi connectivity index (χ0n) is 9.31. The Labute approximate surface area is 112 Å². The minimum Gasteiger partial charge on any atom is -0.377 e. The molecule has 4 nitrogen and oxygen atoms in total. The van der Waals surface area contributed by atoms with Crippen molar-refractivity contribution >= 4 is 34.7 Å². The summed E-state index contributed by atoms with van der Waals surface area (Å²) in [5.41, 5.74) is 1.01. The fourth-order valence-corrected chi connectivity index (χ4v) is 3.23. The fourth-order valence-electron chi connectivity index (χ4n) is 1.16. The van der Waals surface area contributed by atoms with Gasteiger partial charge in [-0.3, -0.25) is 0 Å². The van der Waals surface area contributed by atoms with E-state index in [4.69, 9.17) is 16.3 Å². The summed E-state index contributed by atoms with van der Waals surface area (Å²) in [5, 5.41) is 3.20. The second kappa shape index (κ2) is 5.77. The van der Waals surface area contributed by atoms with Gasteiger partial charge < -0.3 is 4.74 Å². The number of thiazole rings is 1. The Balaban J connectivity index is 2.20. The summed E-state index contributed by atoms with van der Waals surface area (Å²) in [7, 11) is 1.60. The average Bonchev–Trinajstić information content (AvgIpc) is 2.63. The van der Waals surface area contributed by atoms with Crippen LogP contribution < -0.4 is 0 Å². The van der Waals surface area contributed by atoms with Crippen molar-refractivity contribution in [1.82, 2.24) is 15.0 Å². The molecule has 0 fully saturated rings. The molecule has 0 saturated heterocycles. The maximum absolute atomic E-state index is 5.92. The maximum atomic E-state index is 5.92. The van der Waals surface area contributed by atoms with Crippen LogP contribution in [-0.4, -0.2) is 22.1 Å². The van der Waals surface area contributed by atoms with Crippen LogP contribution in [0.4, 0.5) is 0 Å². The zero-order chi connectivity index (χ0) is 12.3. The van der Waals surface area contributed by atoms with E-state index in [1.807, 2.05) is 12.3 Å². The van der Waals surface area contributed by atoms with E-state index in [0.29, 0.717) is 17.6 Å². The van der Waals surface area contributed by atoms with E-state index in [0.717, 1.165) is 15.1 Å². The van der Waals surface area contributed by atoms with Gasteiger partial charge in [-0.15, -0.1) is 11.3 Å². The second-order valence-corrected chi connectivity index (χ2v) is 5.75. The van der Waals surface area contributed by atoms with Crippen LogP contribution in [0, 0.1) is 6.92 Å². The van der Waals surface area contributed by atoms with Crippen LogP contribution in [0.25, 0.3) is 0 Å². The predicted molar refractivity (Wildman–Crippen MR) is 68.7 cm³/mol. The highest BCUT2D eigenvalue weighted by Gasteiger charge is 2.07. The van der Waals surface area contributed by atoms with Gasteiger partial charge in [-0.25, -0.2) is 15.0 Å². The van der Waals surface area contributed by atoms with E-state index in [9.17, 15) is 0 Å². The van der Waals surface area contributed by atoms with E-state index in [-0.39, 0.29) is 0 Å². The molecule has 0 aliphatic rings. The molecule has 0 unspecified atom stereocenters. The molecule has 90 valence electrons. The van der Waals surface area contributed by atoms with Crippen molar-refractivity contribution in [2.75, 3.05) is 7.11 Å². The molecule has 2 rings (SSSR count). The molecule has 2 aromatic rings. The molecule has 0 N–H and O–H groups in total. The van der Waals surface area contributed by atoms with Crippen LogP contribution in [0.1, 0.15) is 11.5 Å². The lowest BCUT2D eigenvalue weighted by Crippen LogP contribution is -1.98. The largest absolute Gasteiger partial charge is 0.377 e. The molecular weight excluding hydrogens is 278 g/mol. The number of rotatable bonds is 4. The molecule has 0 bridgehead atoms. The van der Waals surface area contributed by atoms with Gasteiger partial charge in [0.15, 0.2) is 10.2 Å². The van der Waals surface area contributed by atoms with Crippen molar-refractivity contribution in [3.8, 4) is 0 Å². The highest BCUT2D eigenvalue weighted by Crippen LogP contribution is 2.29. The predicted octanol–water partition coefficient (Wildman–Crippen LogP) is 3.19. The van der Waals surface area contributed by atoms with Gasteiger partial charge in [-0.05, 0) is 18.7 Å². The number of halogens is 1. The van der Waals surface area contributed by atoms with Gasteiger partial charge in [-0.1, -0.05) is 11.6 Å². The zero-order valence-corrected chi connectivity index (χ0v) is 11.7. The standard InChI is InChI=1S/C10H10ClN3OS2/c1-6-5-16-10(12-6)17-9-3-7(11)13-8(14-9)4-15-2/h3,5H,4H2,1-2H3. The molecular formula is C10H10ClN3OS2. The minimum absolute atomic E-state index is 0.352. The summed E-state index contributed by atoms with van der Waals surface area (Å²) in [4.78, 5) is 12.8. The summed E-state index contributed by atoms with van der Waals surface area (Å²) in [5.74, 6) is 0.579. The van der Waals surface area contributed by atoms with Gasteiger partial charge in [0, 0.05) is 24.3 Å². The van der Waals surface area contributed by atoms with Gasteiger partial charge in [0.2, 0.25) is 0 Å². The molecule has 2 heterocycles. The van der Waals surface area contributed by atoms with Crippen LogP contribution in [0.3, 0.4) is 0 Å². The van der Waals surface area contributed by atoms with Crippen LogP contribution in [0.2, 0.25) is 5.15 Å².